The number of aliphatic carboxylic acids is 1. The molecule has 0 amide bonds. The Kier molecular flexibility index (Phi) is 19.5. The molecule has 0 radical (unpaired) electrons. The summed E-state index contributed by atoms with van der Waals surface area (Å²) in [4.78, 5) is 9.76. The van der Waals surface area contributed by atoms with E-state index in [4.69, 9.17) is 5.11 Å². The van der Waals surface area contributed by atoms with E-state index in [1.165, 1.54) is 0 Å². The van der Waals surface area contributed by atoms with E-state index in [2.05, 4.69) is 0 Å². The molecular formula is C5H12O3Zn. The van der Waals surface area contributed by atoms with E-state index in [0.29, 0.717) is 6.42 Å². The minimum Gasteiger partial charge on any atom is -0.481 e. The van der Waals surface area contributed by atoms with Crippen molar-refractivity contribution in [3.63, 3.8) is 0 Å². The molecule has 0 saturated carbocycles. The van der Waals surface area contributed by atoms with Crippen molar-refractivity contribution in [3.05, 3.63) is 0 Å². The Morgan fingerprint density at radius 1 is 1.56 bits per heavy atom. The summed E-state index contributed by atoms with van der Waals surface area (Å²) in [6.07, 6.45) is 2.08. The molecule has 0 fully saturated rings. The van der Waals surface area contributed by atoms with Crippen LogP contribution in [0.2, 0.25) is 0 Å². The molecule has 0 unspecified atom stereocenters. The molecule has 3 N–H and O–H groups in total. The number of rotatable bonds is 3. The third-order valence-corrected chi connectivity index (χ3v) is 0.744. The van der Waals surface area contributed by atoms with E-state index in [1.54, 1.807) is 0 Å². The third kappa shape index (κ3) is 18.0. The molecule has 0 rings (SSSR count). The molecule has 0 spiro atoms. The van der Waals surface area contributed by atoms with Gasteiger partial charge in [-0.1, -0.05) is 13.3 Å². The van der Waals surface area contributed by atoms with E-state index >= 15 is 0 Å². The Balaban J connectivity index is -0.000000180. The maximum absolute atomic E-state index is 9.76. The van der Waals surface area contributed by atoms with Gasteiger partial charge >= 0.3 is 5.97 Å². The van der Waals surface area contributed by atoms with Gasteiger partial charge in [-0.25, -0.2) is 0 Å². The van der Waals surface area contributed by atoms with Crippen LogP contribution in [-0.2, 0) is 24.3 Å². The van der Waals surface area contributed by atoms with Crippen LogP contribution in [0, 0.1) is 0 Å². The Morgan fingerprint density at radius 3 is 2.11 bits per heavy atom. The van der Waals surface area contributed by atoms with Crippen LogP contribution in [0.25, 0.3) is 0 Å². The van der Waals surface area contributed by atoms with Gasteiger partial charge < -0.3 is 10.6 Å². The summed E-state index contributed by atoms with van der Waals surface area (Å²) in [5, 5.41) is 8.04. The zero-order valence-corrected chi connectivity index (χ0v) is 8.65. The second-order valence-electron chi connectivity index (χ2n) is 1.50. The standard InChI is InChI=1S/C5H10O2.H2O.Zn/c1-2-3-4-5(6)7;;/h2-4H2,1H3,(H,6,7);1H2;. The van der Waals surface area contributed by atoms with Gasteiger partial charge in [0.2, 0.25) is 0 Å². The van der Waals surface area contributed by atoms with Gasteiger partial charge in [0.25, 0.3) is 0 Å². The summed E-state index contributed by atoms with van der Waals surface area (Å²) in [6.45, 7) is 1.98. The predicted octanol–water partition coefficient (Wildman–Crippen LogP) is 0.434. The van der Waals surface area contributed by atoms with Crippen molar-refractivity contribution in [1.29, 1.82) is 0 Å². The first-order valence-corrected chi connectivity index (χ1v) is 2.49. The van der Waals surface area contributed by atoms with Crippen LogP contribution in [0.1, 0.15) is 26.2 Å². The molecule has 0 heterocycles. The van der Waals surface area contributed by atoms with Gasteiger partial charge in [-0.3, -0.25) is 4.79 Å². The van der Waals surface area contributed by atoms with E-state index < -0.39 is 5.97 Å². The first-order chi connectivity index (χ1) is 3.27. The number of hydrogen-bond donors (Lipinski definition) is 1. The maximum Gasteiger partial charge on any atom is 0.303 e. The van der Waals surface area contributed by atoms with Crippen LogP contribution in [0.5, 0.6) is 0 Å². The maximum atomic E-state index is 9.76. The summed E-state index contributed by atoms with van der Waals surface area (Å²) in [5.74, 6) is -0.693. The second-order valence-corrected chi connectivity index (χ2v) is 1.50. The van der Waals surface area contributed by atoms with Crippen molar-refractivity contribution in [2.45, 2.75) is 26.2 Å². The van der Waals surface area contributed by atoms with Gasteiger partial charge in [0.05, 0.1) is 0 Å². The zero-order valence-electron chi connectivity index (χ0n) is 5.68. The molecule has 9 heavy (non-hydrogen) atoms. The Morgan fingerprint density at radius 2 is 2.00 bits per heavy atom. The van der Waals surface area contributed by atoms with Gasteiger partial charge in [-0.15, -0.1) is 0 Å². The fraction of sp³-hybridized carbons (Fsp3) is 0.800. The fourth-order valence-corrected chi connectivity index (χ4v) is 0.328. The minimum absolute atomic E-state index is 0. The first-order valence-electron chi connectivity index (χ1n) is 2.49. The van der Waals surface area contributed by atoms with Crippen molar-refractivity contribution in [1.82, 2.24) is 0 Å². The van der Waals surface area contributed by atoms with Crippen molar-refractivity contribution in [2.24, 2.45) is 0 Å². The molecule has 0 saturated heterocycles. The topological polar surface area (TPSA) is 68.8 Å². The smallest absolute Gasteiger partial charge is 0.303 e. The molecule has 0 atom stereocenters. The minimum atomic E-state index is -0.693. The molecule has 0 bridgehead atoms. The van der Waals surface area contributed by atoms with Crippen molar-refractivity contribution >= 4 is 5.97 Å². The number of carboxylic acids is 1. The van der Waals surface area contributed by atoms with Gasteiger partial charge in [0.1, 0.15) is 0 Å². The molecule has 0 aliphatic rings. The van der Waals surface area contributed by atoms with Crippen LogP contribution < -0.4 is 0 Å². The van der Waals surface area contributed by atoms with Crippen LogP contribution in [0.4, 0.5) is 0 Å². The molecule has 3 nitrogen and oxygen atoms in total. The Bertz CT molecular complexity index is 65.2. The molecule has 4 heteroatoms. The van der Waals surface area contributed by atoms with Crippen molar-refractivity contribution in [2.75, 3.05) is 0 Å². The molecule has 0 aliphatic carbocycles. The van der Waals surface area contributed by atoms with Crippen molar-refractivity contribution in [3.8, 4) is 0 Å². The van der Waals surface area contributed by atoms with Gasteiger partial charge in [0, 0.05) is 25.9 Å². The average Bonchev–Trinajstić information content (AvgIpc) is 1.61. The molecule has 0 aromatic carbocycles. The Hall–Kier alpha value is 0.0534. The zero-order chi connectivity index (χ0) is 5.70. The van der Waals surface area contributed by atoms with Gasteiger partial charge in [0.15, 0.2) is 0 Å². The summed E-state index contributed by atoms with van der Waals surface area (Å²) in [5.41, 5.74) is 0. The summed E-state index contributed by atoms with van der Waals surface area (Å²) in [6, 6.07) is 0. The molecule has 52 valence electrons. The number of carboxylic acid groups (broad SMARTS) is 1. The Labute approximate surface area is 67.5 Å². The monoisotopic (exact) mass is 184 g/mol. The van der Waals surface area contributed by atoms with E-state index in [-0.39, 0.29) is 25.0 Å². The van der Waals surface area contributed by atoms with E-state index in [9.17, 15) is 4.79 Å². The number of unbranched alkanes of at least 4 members (excludes halogenated alkanes) is 1. The summed E-state index contributed by atoms with van der Waals surface area (Å²) >= 11 is 0. The first kappa shape index (κ1) is 16.0. The van der Waals surface area contributed by atoms with Crippen LogP contribution in [0.3, 0.4) is 0 Å². The van der Waals surface area contributed by atoms with E-state index in [0.717, 1.165) is 12.8 Å². The SMILES string of the molecule is CCCCC(=O)O.O.[Zn]. The predicted molar refractivity (Wildman–Crippen MR) is 30.8 cm³/mol. The van der Waals surface area contributed by atoms with E-state index in [1.807, 2.05) is 6.92 Å². The fourth-order valence-electron chi connectivity index (χ4n) is 0.328. The van der Waals surface area contributed by atoms with Gasteiger partial charge in [-0.05, 0) is 6.42 Å². The normalized spacial score (nSPS) is 6.78. The van der Waals surface area contributed by atoms with Crippen LogP contribution >= 0.6 is 0 Å². The van der Waals surface area contributed by atoms with Gasteiger partial charge in [-0.2, -0.15) is 0 Å². The molecular weight excluding hydrogens is 173 g/mol. The van der Waals surface area contributed by atoms with Crippen LogP contribution in [0.15, 0.2) is 0 Å². The average molecular weight is 186 g/mol. The second kappa shape index (κ2) is 10.9. The molecule has 0 aromatic rings. The molecule has 0 aliphatic heterocycles. The summed E-state index contributed by atoms with van der Waals surface area (Å²) < 4.78 is 0. The third-order valence-electron chi connectivity index (χ3n) is 0.744. The summed E-state index contributed by atoms with van der Waals surface area (Å²) in [7, 11) is 0. The quantitative estimate of drug-likeness (QED) is 0.648. The molecule has 0 aromatic heterocycles. The van der Waals surface area contributed by atoms with Crippen LogP contribution in [-0.4, -0.2) is 16.6 Å². The largest absolute Gasteiger partial charge is 0.481 e. The number of carbonyl (C=O) groups is 1. The number of hydrogen-bond acceptors (Lipinski definition) is 1. The van der Waals surface area contributed by atoms with Crippen molar-refractivity contribution < 1.29 is 34.9 Å².